The summed E-state index contributed by atoms with van der Waals surface area (Å²) in [5, 5.41) is 10.2. The molecule has 0 fully saturated rings. The molecule has 6 nitrogen and oxygen atoms in total. The van der Waals surface area contributed by atoms with Crippen LogP contribution in [0.4, 0.5) is 10.2 Å². The van der Waals surface area contributed by atoms with Crippen LogP contribution in [-0.4, -0.2) is 22.3 Å². The van der Waals surface area contributed by atoms with Gasteiger partial charge in [0.05, 0.1) is 0 Å². The van der Waals surface area contributed by atoms with Crippen LogP contribution >= 0.6 is 15.9 Å². The molecule has 1 aromatic heterocycles. The lowest BCUT2D eigenvalue weighted by molar-refractivity contribution is -0.122. The van der Waals surface area contributed by atoms with E-state index in [1.165, 1.54) is 12.1 Å². The second-order valence-electron chi connectivity index (χ2n) is 5.40. The standard InChI is InChI=1S/C18H15BrFN3O3/c1-2-14(25-15-6-4-3-5-13(15)20)18(24)21-17-16(22-26-23-17)11-7-9-12(19)10-8-11/h3-10,14H,2H2,1H3,(H,21,23,24)/t14-/m1/s1. The predicted octanol–water partition coefficient (Wildman–Crippen LogP) is 4.43. The van der Waals surface area contributed by atoms with E-state index in [4.69, 9.17) is 9.37 Å². The van der Waals surface area contributed by atoms with Gasteiger partial charge in [-0.3, -0.25) is 4.79 Å². The lowest BCUT2D eigenvalue weighted by Gasteiger charge is -2.16. The first-order valence-corrected chi connectivity index (χ1v) is 8.68. The number of nitrogens with zero attached hydrogens (tertiary/aromatic N) is 2. The van der Waals surface area contributed by atoms with Gasteiger partial charge in [-0.25, -0.2) is 9.02 Å². The smallest absolute Gasteiger partial charge is 0.266 e. The van der Waals surface area contributed by atoms with Crippen LogP contribution in [0.5, 0.6) is 5.75 Å². The van der Waals surface area contributed by atoms with Crippen LogP contribution in [0.2, 0.25) is 0 Å². The lowest BCUT2D eigenvalue weighted by Crippen LogP contribution is -2.32. The average Bonchev–Trinajstić information content (AvgIpc) is 3.09. The van der Waals surface area contributed by atoms with E-state index in [0.29, 0.717) is 12.1 Å². The van der Waals surface area contributed by atoms with Crippen LogP contribution in [0.25, 0.3) is 11.3 Å². The topological polar surface area (TPSA) is 77.2 Å². The number of carbonyl (C=O) groups excluding carboxylic acids is 1. The lowest BCUT2D eigenvalue weighted by atomic mass is 10.1. The van der Waals surface area contributed by atoms with Crippen LogP contribution in [0, 0.1) is 5.82 Å². The van der Waals surface area contributed by atoms with Crippen molar-refractivity contribution in [2.24, 2.45) is 0 Å². The SMILES string of the molecule is CC[C@@H](Oc1ccccc1F)C(=O)Nc1nonc1-c1ccc(Br)cc1. The number of hydrogen-bond donors (Lipinski definition) is 1. The first-order chi connectivity index (χ1) is 12.6. The number of halogens is 2. The fourth-order valence-corrected chi connectivity index (χ4v) is 2.55. The summed E-state index contributed by atoms with van der Waals surface area (Å²) < 4.78 is 24.9. The normalized spacial score (nSPS) is 11.8. The molecule has 0 radical (unpaired) electrons. The van der Waals surface area contributed by atoms with Crippen LogP contribution < -0.4 is 10.1 Å². The molecule has 3 aromatic rings. The molecule has 1 atom stereocenters. The summed E-state index contributed by atoms with van der Waals surface area (Å²) in [5.41, 5.74) is 1.12. The maximum Gasteiger partial charge on any atom is 0.266 e. The number of benzene rings is 2. The Morgan fingerprint density at radius 1 is 1.23 bits per heavy atom. The number of nitrogens with one attached hydrogen (secondary N) is 1. The molecule has 8 heteroatoms. The minimum Gasteiger partial charge on any atom is -0.478 e. The highest BCUT2D eigenvalue weighted by atomic mass is 79.9. The molecular formula is C18H15BrFN3O3. The molecule has 0 bridgehead atoms. The molecule has 1 N–H and O–H groups in total. The molecule has 134 valence electrons. The van der Waals surface area contributed by atoms with Crippen molar-refractivity contribution in [3.8, 4) is 17.0 Å². The van der Waals surface area contributed by atoms with Crippen LogP contribution in [0.1, 0.15) is 13.3 Å². The van der Waals surface area contributed by atoms with Gasteiger partial charge in [0.15, 0.2) is 23.4 Å². The Labute approximate surface area is 157 Å². The summed E-state index contributed by atoms with van der Waals surface area (Å²) in [5.74, 6) is -0.809. The van der Waals surface area contributed by atoms with Gasteiger partial charge in [-0.15, -0.1) is 0 Å². The third-order valence-corrected chi connectivity index (χ3v) is 4.15. The van der Waals surface area contributed by atoms with E-state index in [9.17, 15) is 9.18 Å². The van der Waals surface area contributed by atoms with Gasteiger partial charge in [0, 0.05) is 10.0 Å². The number of hydrogen-bond acceptors (Lipinski definition) is 5. The van der Waals surface area contributed by atoms with Crippen molar-refractivity contribution in [2.45, 2.75) is 19.4 Å². The summed E-state index contributed by atoms with van der Waals surface area (Å²) in [6.07, 6.45) is -0.541. The molecule has 0 saturated heterocycles. The molecule has 0 unspecified atom stereocenters. The largest absolute Gasteiger partial charge is 0.478 e. The van der Waals surface area contributed by atoms with Gasteiger partial charge in [-0.1, -0.05) is 47.1 Å². The highest BCUT2D eigenvalue weighted by Crippen LogP contribution is 2.26. The Balaban J connectivity index is 1.76. The summed E-state index contributed by atoms with van der Waals surface area (Å²) in [6.45, 7) is 1.77. The Hall–Kier alpha value is -2.74. The third kappa shape index (κ3) is 4.08. The van der Waals surface area contributed by atoms with Gasteiger partial charge >= 0.3 is 0 Å². The van der Waals surface area contributed by atoms with Crippen molar-refractivity contribution in [3.05, 3.63) is 58.8 Å². The van der Waals surface area contributed by atoms with Crippen molar-refractivity contribution >= 4 is 27.7 Å². The van der Waals surface area contributed by atoms with Gasteiger partial charge < -0.3 is 10.1 Å². The number of ether oxygens (including phenoxy) is 1. The third-order valence-electron chi connectivity index (χ3n) is 3.62. The zero-order valence-corrected chi connectivity index (χ0v) is 15.4. The van der Waals surface area contributed by atoms with Crippen molar-refractivity contribution in [2.75, 3.05) is 5.32 Å². The fraction of sp³-hybridized carbons (Fsp3) is 0.167. The molecule has 0 aliphatic heterocycles. The second kappa shape index (κ2) is 8.09. The first kappa shape index (κ1) is 18.1. The molecule has 0 aliphatic carbocycles. The number of rotatable bonds is 6. The fourth-order valence-electron chi connectivity index (χ4n) is 2.28. The minimum atomic E-state index is -0.888. The summed E-state index contributed by atoms with van der Waals surface area (Å²) in [6, 6.07) is 13.2. The van der Waals surface area contributed by atoms with Gasteiger partial charge in [0.1, 0.15) is 0 Å². The van der Waals surface area contributed by atoms with E-state index in [1.54, 1.807) is 19.1 Å². The van der Waals surface area contributed by atoms with E-state index in [2.05, 4.69) is 31.6 Å². The number of anilines is 1. The Morgan fingerprint density at radius 2 is 1.96 bits per heavy atom. The van der Waals surface area contributed by atoms with Gasteiger partial charge in [-0.2, -0.15) is 0 Å². The van der Waals surface area contributed by atoms with E-state index >= 15 is 0 Å². The van der Waals surface area contributed by atoms with E-state index in [1.807, 2.05) is 24.3 Å². The van der Waals surface area contributed by atoms with Crippen molar-refractivity contribution in [1.82, 2.24) is 10.3 Å². The predicted molar refractivity (Wildman–Crippen MR) is 97.2 cm³/mol. The second-order valence-corrected chi connectivity index (χ2v) is 6.32. The average molecular weight is 420 g/mol. The molecule has 2 aromatic carbocycles. The van der Waals surface area contributed by atoms with Crippen LogP contribution in [-0.2, 0) is 4.79 Å². The van der Waals surface area contributed by atoms with E-state index < -0.39 is 17.8 Å². The summed E-state index contributed by atoms with van der Waals surface area (Å²) in [7, 11) is 0. The van der Waals surface area contributed by atoms with Crippen molar-refractivity contribution in [3.63, 3.8) is 0 Å². The number of aromatic nitrogens is 2. The Morgan fingerprint density at radius 3 is 2.65 bits per heavy atom. The van der Waals surface area contributed by atoms with Gasteiger partial charge in [0.25, 0.3) is 5.91 Å². The highest BCUT2D eigenvalue weighted by molar-refractivity contribution is 9.10. The molecule has 0 spiro atoms. The van der Waals surface area contributed by atoms with Crippen molar-refractivity contribution in [1.29, 1.82) is 0 Å². The molecule has 0 saturated carbocycles. The molecule has 3 rings (SSSR count). The highest BCUT2D eigenvalue weighted by Gasteiger charge is 2.23. The molecule has 0 aliphatic rings. The monoisotopic (exact) mass is 419 g/mol. The van der Waals surface area contributed by atoms with Gasteiger partial charge in [0.2, 0.25) is 5.82 Å². The minimum absolute atomic E-state index is 0.0147. The number of carbonyl (C=O) groups is 1. The van der Waals surface area contributed by atoms with Gasteiger partial charge in [-0.05, 0) is 41.0 Å². The zero-order valence-electron chi connectivity index (χ0n) is 13.8. The number of para-hydroxylation sites is 1. The maximum atomic E-state index is 13.7. The Kier molecular flexibility index (Phi) is 5.62. The molecule has 1 heterocycles. The Bertz CT molecular complexity index is 899. The summed E-state index contributed by atoms with van der Waals surface area (Å²) in [4.78, 5) is 12.5. The zero-order chi connectivity index (χ0) is 18.5. The quantitative estimate of drug-likeness (QED) is 0.638. The van der Waals surface area contributed by atoms with Crippen molar-refractivity contribution < 1.29 is 18.6 Å². The maximum absolute atomic E-state index is 13.7. The van der Waals surface area contributed by atoms with E-state index in [-0.39, 0.29) is 11.6 Å². The van der Waals surface area contributed by atoms with E-state index in [0.717, 1.165) is 10.0 Å². The molecule has 26 heavy (non-hydrogen) atoms. The molecular weight excluding hydrogens is 405 g/mol. The first-order valence-electron chi connectivity index (χ1n) is 7.89. The van der Waals surface area contributed by atoms with Crippen LogP contribution in [0.3, 0.4) is 0 Å². The number of amides is 1. The van der Waals surface area contributed by atoms with Crippen LogP contribution in [0.15, 0.2) is 57.6 Å². The summed E-state index contributed by atoms with van der Waals surface area (Å²) >= 11 is 3.36. The molecule has 1 amide bonds.